The highest BCUT2D eigenvalue weighted by Gasteiger charge is 2.39. The average molecular weight is 717 g/mol. The topological polar surface area (TPSA) is 183 Å². The molecule has 0 bridgehead atoms. The van der Waals surface area contributed by atoms with Gasteiger partial charge in [-0.1, -0.05) is 11.8 Å². The summed E-state index contributed by atoms with van der Waals surface area (Å²) in [6.45, 7) is 10.5. The number of nitrogen functional groups attached to an aromatic ring is 1. The smallest absolute Gasteiger partial charge is 0.444 e. The van der Waals surface area contributed by atoms with Crippen molar-refractivity contribution in [2.75, 3.05) is 21.7 Å². The molecule has 13 nitrogen and oxygen atoms in total. The van der Waals surface area contributed by atoms with Gasteiger partial charge in [-0.05, 0) is 102 Å². The molecular formula is C36H35F3N8O5. The molecule has 0 saturated heterocycles. The van der Waals surface area contributed by atoms with E-state index in [-0.39, 0.29) is 17.2 Å². The maximum atomic E-state index is 12.4. The van der Waals surface area contributed by atoms with Gasteiger partial charge in [-0.2, -0.15) is 13.2 Å². The Hall–Kier alpha value is -6.68. The predicted molar refractivity (Wildman–Crippen MR) is 188 cm³/mol. The Morgan fingerprint density at radius 3 is 1.56 bits per heavy atom. The molecule has 16 heteroatoms. The Labute approximate surface area is 298 Å². The third-order valence-corrected chi connectivity index (χ3v) is 5.58. The highest BCUT2D eigenvalue weighted by atomic mass is 19.4. The van der Waals surface area contributed by atoms with Crippen LogP contribution in [0, 0.1) is 23.7 Å². The van der Waals surface area contributed by atoms with Crippen molar-refractivity contribution in [2.24, 2.45) is 0 Å². The van der Waals surface area contributed by atoms with Crippen LogP contribution < -0.4 is 21.7 Å². The van der Waals surface area contributed by atoms with Gasteiger partial charge in [0.2, 0.25) is 0 Å². The van der Waals surface area contributed by atoms with Crippen LogP contribution in [0.15, 0.2) is 73.3 Å². The van der Waals surface area contributed by atoms with Crippen molar-refractivity contribution in [2.45, 2.75) is 58.9 Å². The van der Waals surface area contributed by atoms with Crippen molar-refractivity contribution >= 4 is 41.1 Å². The van der Waals surface area contributed by atoms with Crippen molar-refractivity contribution < 1.29 is 37.0 Å². The van der Waals surface area contributed by atoms with Gasteiger partial charge in [0, 0.05) is 35.9 Å². The molecule has 4 heterocycles. The summed E-state index contributed by atoms with van der Waals surface area (Å²) in [7, 11) is 0. The van der Waals surface area contributed by atoms with Gasteiger partial charge in [0.25, 0.3) is 0 Å². The number of pyridine rings is 4. The van der Waals surface area contributed by atoms with Gasteiger partial charge in [-0.25, -0.2) is 29.5 Å². The number of carbonyl (C=O) groups excluding carboxylic acids is 3. The molecule has 0 atom stereocenters. The van der Waals surface area contributed by atoms with E-state index in [0.717, 1.165) is 0 Å². The van der Waals surface area contributed by atoms with E-state index < -0.39 is 35.5 Å². The number of ether oxygens (including phenoxy) is 2. The van der Waals surface area contributed by atoms with E-state index in [9.17, 15) is 27.6 Å². The summed E-state index contributed by atoms with van der Waals surface area (Å²) < 4.78 is 47.6. The number of rotatable bonds is 3. The standard InChI is InChI=1S/C19H17F3N4O3.C17H18N4O2/c1-18(2,3)29-17(28)26-15-11-12(8-10-24-15)6-7-13-14(5-4-9-23-13)25-16(27)19(20,21)22;1-17(2,3)23-16(22)21-15-11-12(8-10-20-15)6-7-14-13(18)5-4-9-19-14/h4-5,8-11H,1-3H3,(H,25,27)(H,24,26,28);4-5,8-11H,18H2,1-3H3,(H,20,21,22). The molecule has 3 amide bonds. The molecule has 0 aliphatic rings. The summed E-state index contributed by atoms with van der Waals surface area (Å²) in [6, 6.07) is 12.5. The van der Waals surface area contributed by atoms with E-state index in [1.807, 2.05) is 0 Å². The number of nitrogens with zero attached hydrogens (tertiary/aromatic N) is 4. The number of nitrogens with one attached hydrogen (secondary N) is 3. The van der Waals surface area contributed by atoms with Gasteiger partial charge in [-0.3, -0.25) is 15.4 Å². The fourth-order valence-corrected chi connectivity index (χ4v) is 3.55. The summed E-state index contributed by atoms with van der Waals surface area (Å²) in [6.07, 6.45) is -0.396. The van der Waals surface area contributed by atoms with Gasteiger partial charge in [0.1, 0.15) is 34.2 Å². The second kappa shape index (κ2) is 17.3. The predicted octanol–water partition coefficient (Wildman–Crippen LogP) is 6.53. The van der Waals surface area contributed by atoms with Crippen LogP contribution >= 0.6 is 0 Å². The Kier molecular flexibility index (Phi) is 13.2. The van der Waals surface area contributed by atoms with Gasteiger partial charge >= 0.3 is 24.3 Å². The fourth-order valence-electron chi connectivity index (χ4n) is 3.55. The van der Waals surface area contributed by atoms with Gasteiger partial charge < -0.3 is 20.5 Å². The first kappa shape index (κ1) is 39.8. The molecule has 0 aliphatic heterocycles. The molecule has 0 aliphatic carbocycles. The van der Waals surface area contributed by atoms with Crippen LogP contribution in [0.4, 0.5) is 45.8 Å². The van der Waals surface area contributed by atoms with Crippen molar-refractivity contribution in [1.82, 2.24) is 19.9 Å². The minimum absolute atomic E-state index is 0.0523. The number of carbonyl (C=O) groups is 3. The molecule has 0 unspecified atom stereocenters. The molecular weight excluding hydrogens is 681 g/mol. The molecule has 0 saturated carbocycles. The number of anilines is 4. The number of aromatic nitrogens is 4. The van der Waals surface area contributed by atoms with Gasteiger partial charge in [0.05, 0.1) is 11.4 Å². The lowest BCUT2D eigenvalue weighted by atomic mass is 10.2. The number of hydrogen-bond donors (Lipinski definition) is 4. The van der Waals surface area contributed by atoms with Crippen LogP contribution in [-0.2, 0) is 14.3 Å². The lowest BCUT2D eigenvalue weighted by Crippen LogP contribution is -2.30. The molecule has 270 valence electrons. The van der Waals surface area contributed by atoms with Crippen LogP contribution in [0.1, 0.15) is 64.1 Å². The van der Waals surface area contributed by atoms with Crippen LogP contribution in [0.5, 0.6) is 0 Å². The van der Waals surface area contributed by atoms with Gasteiger partial charge in [0.15, 0.2) is 0 Å². The van der Waals surface area contributed by atoms with E-state index >= 15 is 0 Å². The van der Waals surface area contributed by atoms with Crippen LogP contribution in [0.2, 0.25) is 0 Å². The normalized spacial score (nSPS) is 10.8. The first-order valence-corrected chi connectivity index (χ1v) is 15.3. The summed E-state index contributed by atoms with van der Waals surface area (Å²) in [5.41, 5.74) is 6.41. The number of alkyl halides is 3. The number of halogens is 3. The number of amides is 3. The molecule has 0 spiro atoms. The Morgan fingerprint density at radius 2 is 1.10 bits per heavy atom. The van der Waals surface area contributed by atoms with E-state index in [1.165, 1.54) is 36.7 Å². The van der Waals surface area contributed by atoms with Crippen molar-refractivity contribution in [3.05, 3.63) is 95.8 Å². The summed E-state index contributed by atoms with van der Waals surface area (Å²) in [5.74, 6) is 9.53. The average Bonchev–Trinajstić information content (AvgIpc) is 3.02. The largest absolute Gasteiger partial charge is 0.471 e. The monoisotopic (exact) mass is 716 g/mol. The zero-order valence-electron chi connectivity index (χ0n) is 29.0. The first-order chi connectivity index (χ1) is 24.3. The van der Waals surface area contributed by atoms with Crippen molar-refractivity contribution in [1.29, 1.82) is 0 Å². The second-order valence-corrected chi connectivity index (χ2v) is 12.4. The van der Waals surface area contributed by atoms with E-state index in [0.29, 0.717) is 28.3 Å². The van der Waals surface area contributed by atoms with Crippen LogP contribution in [-0.4, -0.2) is 55.4 Å². The molecule has 4 aromatic heterocycles. The lowest BCUT2D eigenvalue weighted by Gasteiger charge is -2.19. The van der Waals surface area contributed by atoms with Crippen LogP contribution in [0.25, 0.3) is 0 Å². The minimum Gasteiger partial charge on any atom is -0.444 e. The van der Waals surface area contributed by atoms with E-state index in [1.54, 1.807) is 83.5 Å². The van der Waals surface area contributed by atoms with Crippen LogP contribution in [0.3, 0.4) is 0 Å². The Morgan fingerprint density at radius 1 is 0.635 bits per heavy atom. The minimum atomic E-state index is -5.03. The Balaban J connectivity index is 0.000000288. The first-order valence-electron chi connectivity index (χ1n) is 15.3. The van der Waals surface area contributed by atoms with E-state index in [4.69, 9.17) is 15.2 Å². The number of hydrogen-bond acceptors (Lipinski definition) is 10. The third kappa shape index (κ3) is 14.4. The highest BCUT2D eigenvalue weighted by molar-refractivity contribution is 5.95. The quantitative estimate of drug-likeness (QED) is 0.170. The fraction of sp³-hybridized carbons (Fsp3) is 0.250. The summed E-state index contributed by atoms with van der Waals surface area (Å²) in [5, 5.41) is 6.75. The van der Waals surface area contributed by atoms with Crippen molar-refractivity contribution in [3.63, 3.8) is 0 Å². The molecule has 52 heavy (non-hydrogen) atoms. The lowest BCUT2D eigenvalue weighted by molar-refractivity contribution is -0.167. The SMILES string of the molecule is CC(C)(C)OC(=O)Nc1cc(C#Cc2ncccc2N)ccn1.CC(C)(C)OC(=O)Nc1cc(C#Cc2ncccc2NC(=O)C(F)(F)F)ccn1. The molecule has 0 aromatic carbocycles. The molecule has 0 radical (unpaired) electrons. The summed E-state index contributed by atoms with van der Waals surface area (Å²) >= 11 is 0. The molecule has 4 aromatic rings. The maximum Gasteiger partial charge on any atom is 0.471 e. The Bertz CT molecular complexity index is 2040. The maximum absolute atomic E-state index is 12.4. The molecule has 0 fully saturated rings. The summed E-state index contributed by atoms with van der Waals surface area (Å²) in [4.78, 5) is 50.7. The zero-order valence-corrected chi connectivity index (χ0v) is 29.0. The third-order valence-electron chi connectivity index (χ3n) is 5.58. The van der Waals surface area contributed by atoms with E-state index in [2.05, 4.69) is 54.3 Å². The second-order valence-electron chi connectivity index (χ2n) is 12.4. The molecule has 5 N–H and O–H groups in total. The molecule has 4 rings (SSSR count). The zero-order chi connectivity index (χ0) is 38.5. The number of nitrogens with two attached hydrogens (primary N) is 1. The van der Waals surface area contributed by atoms with Gasteiger partial charge in [-0.15, -0.1) is 0 Å². The highest BCUT2D eigenvalue weighted by Crippen LogP contribution is 2.20. The van der Waals surface area contributed by atoms with Crippen molar-refractivity contribution in [3.8, 4) is 23.7 Å².